The number of Topliss-reactive ketones (excluding diaryl/α,β-unsaturated/α-hetero) is 1. The lowest BCUT2D eigenvalue weighted by atomic mass is 9.93. The third-order valence-corrected chi connectivity index (χ3v) is 2.04. The van der Waals surface area contributed by atoms with Gasteiger partial charge in [-0.2, -0.15) is 0 Å². The van der Waals surface area contributed by atoms with Crippen LogP contribution in [0.2, 0.25) is 0 Å². The lowest BCUT2D eigenvalue weighted by Crippen LogP contribution is -1.99. The monoisotopic (exact) mass is 176 g/mol. The fraction of sp³-hybridized carbons (Fsp3) is 0.455. The highest BCUT2D eigenvalue weighted by Crippen LogP contribution is 2.22. The second-order valence-electron chi connectivity index (χ2n) is 3.13. The van der Waals surface area contributed by atoms with Crippen LogP contribution in [-0.2, 0) is 9.59 Å². The average Bonchev–Trinajstić information content (AvgIpc) is 2.15. The van der Waals surface area contributed by atoms with Gasteiger partial charge in [0, 0.05) is 18.1 Å². The van der Waals surface area contributed by atoms with E-state index in [0.717, 1.165) is 43.1 Å². The molecule has 1 rings (SSSR count). The number of hydrogen-bond acceptors (Lipinski definition) is 2. The first-order chi connectivity index (χ1) is 6.24. The van der Waals surface area contributed by atoms with Crippen LogP contribution in [0.1, 0.15) is 32.6 Å². The Kier molecular flexibility index (Phi) is 3.45. The van der Waals surface area contributed by atoms with Gasteiger partial charge in [0.2, 0.25) is 5.78 Å². The summed E-state index contributed by atoms with van der Waals surface area (Å²) in [4.78, 5) is 21.2. The number of rotatable bonds is 1. The molecule has 2 nitrogen and oxygen atoms in total. The van der Waals surface area contributed by atoms with E-state index in [1.54, 1.807) is 0 Å². The van der Waals surface area contributed by atoms with E-state index >= 15 is 0 Å². The number of allylic oxidation sites excluding steroid dienone is 2. The molecule has 0 amide bonds. The molecule has 0 spiro atoms. The maximum absolute atomic E-state index is 10.6. The van der Waals surface area contributed by atoms with Gasteiger partial charge in [0.15, 0.2) is 0 Å². The van der Waals surface area contributed by atoms with Gasteiger partial charge in [-0.1, -0.05) is 5.92 Å². The molecule has 0 saturated carbocycles. The van der Waals surface area contributed by atoms with Crippen LogP contribution in [0.5, 0.6) is 0 Å². The van der Waals surface area contributed by atoms with Crippen molar-refractivity contribution in [3.05, 3.63) is 11.1 Å². The number of ketones is 1. The molecular weight excluding hydrogens is 164 g/mol. The minimum atomic E-state index is -0.150. The Morgan fingerprint density at radius 2 is 2.08 bits per heavy atom. The van der Waals surface area contributed by atoms with Gasteiger partial charge in [0.1, 0.15) is 6.29 Å². The average molecular weight is 176 g/mol. The first kappa shape index (κ1) is 9.73. The van der Waals surface area contributed by atoms with Gasteiger partial charge in [0.05, 0.1) is 0 Å². The highest BCUT2D eigenvalue weighted by Gasteiger charge is 2.09. The van der Waals surface area contributed by atoms with E-state index in [2.05, 4.69) is 11.8 Å². The third-order valence-electron chi connectivity index (χ3n) is 2.04. The van der Waals surface area contributed by atoms with Crippen LogP contribution in [0.15, 0.2) is 11.1 Å². The van der Waals surface area contributed by atoms with Gasteiger partial charge in [-0.15, -0.1) is 0 Å². The second kappa shape index (κ2) is 4.61. The molecule has 0 aliphatic heterocycles. The second-order valence-corrected chi connectivity index (χ2v) is 3.13. The molecule has 0 fully saturated rings. The van der Waals surface area contributed by atoms with Crippen molar-refractivity contribution in [2.24, 2.45) is 0 Å². The van der Waals surface area contributed by atoms with E-state index in [-0.39, 0.29) is 5.78 Å². The van der Waals surface area contributed by atoms with Crippen molar-refractivity contribution in [1.29, 1.82) is 0 Å². The van der Waals surface area contributed by atoms with Gasteiger partial charge in [0.25, 0.3) is 0 Å². The smallest absolute Gasteiger partial charge is 0.202 e. The van der Waals surface area contributed by atoms with Crippen molar-refractivity contribution in [3.8, 4) is 11.8 Å². The van der Waals surface area contributed by atoms with E-state index in [9.17, 15) is 9.59 Å². The lowest BCUT2D eigenvalue weighted by Gasteiger charge is -2.11. The first-order valence-corrected chi connectivity index (χ1v) is 4.44. The SMILES string of the molecule is CC(=O)C#CC1=C(C=O)CCCC1. The number of carbonyl (C=O) groups excluding carboxylic acids is 2. The quantitative estimate of drug-likeness (QED) is 0.346. The zero-order valence-corrected chi connectivity index (χ0v) is 7.72. The van der Waals surface area contributed by atoms with Crippen molar-refractivity contribution in [1.82, 2.24) is 0 Å². The Morgan fingerprint density at radius 1 is 1.38 bits per heavy atom. The largest absolute Gasteiger partial charge is 0.298 e. The maximum Gasteiger partial charge on any atom is 0.202 e. The van der Waals surface area contributed by atoms with Crippen molar-refractivity contribution in [2.75, 3.05) is 0 Å². The minimum Gasteiger partial charge on any atom is -0.298 e. The fourth-order valence-electron chi connectivity index (χ4n) is 1.36. The Morgan fingerprint density at radius 3 is 2.69 bits per heavy atom. The molecule has 0 radical (unpaired) electrons. The summed E-state index contributed by atoms with van der Waals surface area (Å²) in [5.41, 5.74) is 1.64. The zero-order valence-electron chi connectivity index (χ0n) is 7.72. The number of carbonyl (C=O) groups is 2. The maximum atomic E-state index is 10.6. The van der Waals surface area contributed by atoms with E-state index in [1.807, 2.05) is 0 Å². The first-order valence-electron chi connectivity index (χ1n) is 4.44. The van der Waals surface area contributed by atoms with Crippen LogP contribution in [0.4, 0.5) is 0 Å². The van der Waals surface area contributed by atoms with Crippen LogP contribution >= 0.6 is 0 Å². The van der Waals surface area contributed by atoms with Crippen molar-refractivity contribution >= 4 is 12.1 Å². The Hall–Kier alpha value is -1.36. The van der Waals surface area contributed by atoms with E-state index in [0.29, 0.717) is 0 Å². The summed E-state index contributed by atoms with van der Waals surface area (Å²) in [6.45, 7) is 1.43. The summed E-state index contributed by atoms with van der Waals surface area (Å²) in [6, 6.07) is 0. The molecule has 0 saturated heterocycles. The molecule has 0 bridgehead atoms. The zero-order chi connectivity index (χ0) is 9.68. The van der Waals surface area contributed by atoms with E-state index in [4.69, 9.17) is 0 Å². The molecular formula is C11H12O2. The van der Waals surface area contributed by atoms with Crippen LogP contribution in [0, 0.1) is 11.8 Å². The van der Waals surface area contributed by atoms with Gasteiger partial charge < -0.3 is 0 Å². The van der Waals surface area contributed by atoms with Crippen LogP contribution in [0.25, 0.3) is 0 Å². The van der Waals surface area contributed by atoms with Crippen LogP contribution in [0.3, 0.4) is 0 Å². The summed E-state index contributed by atoms with van der Waals surface area (Å²) in [7, 11) is 0. The standard InChI is InChI=1S/C11H12O2/c1-9(13)6-7-10-4-2-3-5-11(10)8-12/h8H,2-5H2,1H3. The highest BCUT2D eigenvalue weighted by molar-refractivity contribution is 5.94. The predicted molar refractivity (Wildman–Crippen MR) is 50.0 cm³/mol. The summed E-state index contributed by atoms with van der Waals surface area (Å²) < 4.78 is 0. The topological polar surface area (TPSA) is 34.1 Å². The molecule has 1 aliphatic carbocycles. The van der Waals surface area contributed by atoms with Crippen LogP contribution < -0.4 is 0 Å². The summed E-state index contributed by atoms with van der Waals surface area (Å²) in [6.07, 6.45) is 4.64. The van der Waals surface area contributed by atoms with Crippen molar-refractivity contribution < 1.29 is 9.59 Å². The van der Waals surface area contributed by atoms with E-state index < -0.39 is 0 Å². The summed E-state index contributed by atoms with van der Waals surface area (Å²) >= 11 is 0. The Bertz CT molecular complexity index is 313. The van der Waals surface area contributed by atoms with Crippen molar-refractivity contribution in [2.45, 2.75) is 32.6 Å². The van der Waals surface area contributed by atoms with Gasteiger partial charge in [-0.25, -0.2) is 0 Å². The number of hydrogen-bond donors (Lipinski definition) is 0. The van der Waals surface area contributed by atoms with Crippen molar-refractivity contribution in [3.63, 3.8) is 0 Å². The third kappa shape index (κ3) is 2.87. The number of aldehydes is 1. The Labute approximate surface area is 78.0 Å². The molecule has 68 valence electrons. The summed E-state index contributed by atoms with van der Waals surface area (Å²) in [5, 5.41) is 0. The normalized spacial score (nSPS) is 16.1. The Balaban J connectivity index is 2.87. The molecule has 0 atom stereocenters. The molecule has 1 aliphatic rings. The predicted octanol–water partition coefficient (Wildman–Crippen LogP) is 1.65. The molecule has 0 aromatic heterocycles. The van der Waals surface area contributed by atoms with Crippen LogP contribution in [-0.4, -0.2) is 12.1 Å². The van der Waals surface area contributed by atoms with Gasteiger partial charge in [-0.3, -0.25) is 9.59 Å². The van der Waals surface area contributed by atoms with Gasteiger partial charge >= 0.3 is 0 Å². The molecule has 2 heteroatoms. The highest BCUT2D eigenvalue weighted by atomic mass is 16.1. The molecule has 0 unspecified atom stereocenters. The summed E-state index contributed by atoms with van der Waals surface area (Å²) in [5.74, 6) is 5.10. The molecule has 0 heterocycles. The molecule has 0 aromatic carbocycles. The lowest BCUT2D eigenvalue weighted by molar-refractivity contribution is -0.112. The minimum absolute atomic E-state index is 0.150. The van der Waals surface area contributed by atoms with E-state index in [1.165, 1.54) is 6.92 Å². The van der Waals surface area contributed by atoms with Gasteiger partial charge in [-0.05, 0) is 31.6 Å². The molecule has 13 heavy (non-hydrogen) atoms. The molecule has 0 N–H and O–H groups in total. The fourth-order valence-corrected chi connectivity index (χ4v) is 1.36. The molecule has 0 aromatic rings.